The van der Waals surface area contributed by atoms with Crippen molar-refractivity contribution in [3.05, 3.63) is 35.4 Å². The fourth-order valence-electron chi connectivity index (χ4n) is 1.10. The number of benzene rings is 1. The van der Waals surface area contributed by atoms with Crippen LogP contribution in [0.4, 0.5) is 5.69 Å². The highest BCUT2D eigenvalue weighted by Crippen LogP contribution is 2.10. The minimum atomic E-state index is -0.609. The Hall–Kier alpha value is -2.28. The van der Waals surface area contributed by atoms with Gasteiger partial charge in [0.05, 0.1) is 6.61 Å². The number of hydrogen-bond acceptors (Lipinski definition) is 4. The van der Waals surface area contributed by atoms with Crippen LogP contribution in [0.3, 0.4) is 0 Å². The smallest absolute Gasteiger partial charge is 0.348 e. The largest absolute Gasteiger partial charge is 0.462 e. The topological polar surface area (TPSA) is 76.1 Å². The third-order valence-corrected chi connectivity index (χ3v) is 1.86. The van der Waals surface area contributed by atoms with Crippen molar-refractivity contribution in [2.45, 2.75) is 6.92 Å². The summed E-state index contributed by atoms with van der Waals surface area (Å²) in [5, 5.41) is 8.80. The first-order valence-corrected chi connectivity index (χ1v) is 4.82. The molecule has 4 nitrogen and oxygen atoms in total. The Morgan fingerprint density at radius 3 is 2.62 bits per heavy atom. The van der Waals surface area contributed by atoms with E-state index in [4.69, 9.17) is 15.7 Å². The highest BCUT2D eigenvalue weighted by Gasteiger charge is 2.09. The average Bonchev–Trinajstić information content (AvgIpc) is 2.28. The summed E-state index contributed by atoms with van der Waals surface area (Å²) in [5.41, 5.74) is 6.86. The van der Waals surface area contributed by atoms with Crippen LogP contribution in [-0.4, -0.2) is 12.6 Å². The summed E-state index contributed by atoms with van der Waals surface area (Å²) in [6.07, 6.45) is 1.47. The van der Waals surface area contributed by atoms with Gasteiger partial charge in [0.1, 0.15) is 11.6 Å². The van der Waals surface area contributed by atoms with E-state index in [-0.39, 0.29) is 12.2 Å². The molecule has 82 valence electrons. The van der Waals surface area contributed by atoms with Gasteiger partial charge in [-0.15, -0.1) is 0 Å². The van der Waals surface area contributed by atoms with Crippen molar-refractivity contribution < 1.29 is 9.53 Å². The molecule has 2 N–H and O–H groups in total. The van der Waals surface area contributed by atoms with Gasteiger partial charge in [0.2, 0.25) is 0 Å². The molecule has 0 atom stereocenters. The Labute approximate surface area is 93.9 Å². The van der Waals surface area contributed by atoms with Crippen LogP contribution in [-0.2, 0) is 9.53 Å². The molecular weight excluding hydrogens is 204 g/mol. The fourth-order valence-corrected chi connectivity index (χ4v) is 1.10. The molecule has 16 heavy (non-hydrogen) atoms. The van der Waals surface area contributed by atoms with E-state index in [0.717, 1.165) is 5.56 Å². The molecule has 1 rings (SSSR count). The first kappa shape index (κ1) is 11.8. The molecule has 0 unspecified atom stereocenters. The molecule has 0 aliphatic heterocycles. The number of hydrogen-bond donors (Lipinski definition) is 1. The molecule has 0 saturated heterocycles. The third kappa shape index (κ3) is 3.14. The molecule has 0 heterocycles. The number of nitrogen functional groups attached to an aromatic ring is 1. The minimum Gasteiger partial charge on any atom is -0.462 e. The van der Waals surface area contributed by atoms with Crippen molar-refractivity contribution in [3.8, 4) is 6.07 Å². The Morgan fingerprint density at radius 2 is 2.12 bits per heavy atom. The number of rotatable bonds is 3. The fraction of sp³-hybridized carbons (Fsp3) is 0.167. The van der Waals surface area contributed by atoms with Gasteiger partial charge in [-0.3, -0.25) is 0 Å². The van der Waals surface area contributed by atoms with E-state index in [1.807, 2.05) is 0 Å². The van der Waals surface area contributed by atoms with Crippen molar-refractivity contribution in [3.63, 3.8) is 0 Å². The molecule has 0 aromatic heterocycles. The standard InChI is InChI=1S/C12H12N2O2/c1-2-16-12(15)10(8-13)7-9-3-5-11(14)6-4-9/h3-7H,2,14H2,1H3/b10-7+. The lowest BCUT2D eigenvalue weighted by molar-refractivity contribution is -0.137. The van der Waals surface area contributed by atoms with Gasteiger partial charge < -0.3 is 10.5 Å². The zero-order chi connectivity index (χ0) is 12.0. The van der Waals surface area contributed by atoms with E-state index in [1.165, 1.54) is 6.08 Å². The molecule has 0 bridgehead atoms. The van der Waals surface area contributed by atoms with Gasteiger partial charge in [-0.05, 0) is 30.7 Å². The number of nitrogens with two attached hydrogens (primary N) is 1. The number of anilines is 1. The second-order valence-electron chi connectivity index (χ2n) is 3.06. The summed E-state index contributed by atoms with van der Waals surface area (Å²) in [5.74, 6) is -0.609. The molecule has 0 amide bonds. The van der Waals surface area contributed by atoms with Gasteiger partial charge in [0, 0.05) is 5.69 Å². The maximum atomic E-state index is 11.3. The van der Waals surface area contributed by atoms with Crippen LogP contribution >= 0.6 is 0 Å². The molecule has 0 aliphatic carbocycles. The monoisotopic (exact) mass is 216 g/mol. The van der Waals surface area contributed by atoms with Gasteiger partial charge in [-0.25, -0.2) is 4.79 Å². The Kier molecular flexibility index (Phi) is 4.10. The van der Waals surface area contributed by atoms with Crippen molar-refractivity contribution >= 4 is 17.7 Å². The molecule has 0 fully saturated rings. The van der Waals surface area contributed by atoms with E-state index in [9.17, 15) is 4.79 Å². The zero-order valence-electron chi connectivity index (χ0n) is 8.93. The van der Waals surface area contributed by atoms with Crippen LogP contribution in [0, 0.1) is 11.3 Å². The van der Waals surface area contributed by atoms with Gasteiger partial charge >= 0.3 is 5.97 Å². The number of esters is 1. The lowest BCUT2D eigenvalue weighted by atomic mass is 10.1. The lowest BCUT2D eigenvalue weighted by Crippen LogP contribution is -2.05. The van der Waals surface area contributed by atoms with Gasteiger partial charge in [0.25, 0.3) is 0 Å². The predicted molar refractivity (Wildman–Crippen MR) is 61.1 cm³/mol. The normalized spacial score (nSPS) is 10.6. The molecule has 0 aliphatic rings. The number of nitrogens with zero attached hydrogens (tertiary/aromatic N) is 1. The summed E-state index contributed by atoms with van der Waals surface area (Å²) < 4.78 is 4.74. The lowest BCUT2D eigenvalue weighted by Gasteiger charge is -2.00. The van der Waals surface area contributed by atoms with E-state index in [1.54, 1.807) is 37.3 Å². The maximum absolute atomic E-state index is 11.3. The number of carbonyl (C=O) groups is 1. The Morgan fingerprint density at radius 1 is 1.50 bits per heavy atom. The van der Waals surface area contributed by atoms with Crippen molar-refractivity contribution in [1.29, 1.82) is 5.26 Å². The molecule has 1 aromatic rings. The number of ether oxygens (including phenoxy) is 1. The zero-order valence-corrected chi connectivity index (χ0v) is 8.93. The maximum Gasteiger partial charge on any atom is 0.348 e. The Bertz CT molecular complexity index is 441. The van der Waals surface area contributed by atoms with Crippen LogP contribution in [0.15, 0.2) is 29.8 Å². The van der Waals surface area contributed by atoms with Crippen molar-refractivity contribution in [2.75, 3.05) is 12.3 Å². The molecule has 1 aromatic carbocycles. The van der Waals surface area contributed by atoms with E-state index in [2.05, 4.69) is 0 Å². The van der Waals surface area contributed by atoms with Crippen LogP contribution in [0.5, 0.6) is 0 Å². The van der Waals surface area contributed by atoms with E-state index in [0.29, 0.717) is 5.69 Å². The van der Waals surface area contributed by atoms with E-state index < -0.39 is 5.97 Å². The first-order valence-electron chi connectivity index (χ1n) is 4.82. The molecule has 0 saturated carbocycles. The average molecular weight is 216 g/mol. The summed E-state index contributed by atoms with van der Waals surface area (Å²) in [4.78, 5) is 11.3. The van der Waals surface area contributed by atoms with Crippen LogP contribution in [0.25, 0.3) is 6.08 Å². The predicted octanol–water partition coefficient (Wildman–Crippen LogP) is 1.74. The first-order chi connectivity index (χ1) is 7.67. The van der Waals surface area contributed by atoms with Crippen molar-refractivity contribution in [2.24, 2.45) is 0 Å². The van der Waals surface area contributed by atoms with Crippen LogP contribution < -0.4 is 5.73 Å². The van der Waals surface area contributed by atoms with Crippen LogP contribution in [0.1, 0.15) is 12.5 Å². The summed E-state index contributed by atoms with van der Waals surface area (Å²) in [6.45, 7) is 1.94. The van der Waals surface area contributed by atoms with Gasteiger partial charge in [-0.1, -0.05) is 12.1 Å². The van der Waals surface area contributed by atoms with Crippen LogP contribution in [0.2, 0.25) is 0 Å². The van der Waals surface area contributed by atoms with Crippen molar-refractivity contribution in [1.82, 2.24) is 0 Å². The highest BCUT2D eigenvalue weighted by molar-refractivity contribution is 5.97. The minimum absolute atomic E-state index is 0.0216. The molecular formula is C12H12N2O2. The third-order valence-electron chi connectivity index (χ3n) is 1.86. The second kappa shape index (κ2) is 5.56. The quantitative estimate of drug-likeness (QED) is 0.361. The van der Waals surface area contributed by atoms with Gasteiger partial charge in [0.15, 0.2) is 0 Å². The SMILES string of the molecule is CCOC(=O)/C(C#N)=C/c1ccc(N)cc1. The molecule has 0 radical (unpaired) electrons. The van der Waals surface area contributed by atoms with Gasteiger partial charge in [-0.2, -0.15) is 5.26 Å². The number of nitriles is 1. The Balaban J connectivity index is 2.92. The summed E-state index contributed by atoms with van der Waals surface area (Å²) >= 11 is 0. The highest BCUT2D eigenvalue weighted by atomic mass is 16.5. The second-order valence-corrected chi connectivity index (χ2v) is 3.06. The van der Waals surface area contributed by atoms with E-state index >= 15 is 0 Å². The molecule has 0 spiro atoms. The summed E-state index contributed by atoms with van der Waals surface area (Å²) in [7, 11) is 0. The number of carbonyl (C=O) groups excluding carboxylic acids is 1. The summed E-state index contributed by atoms with van der Waals surface area (Å²) in [6, 6.07) is 8.66. The molecule has 4 heteroatoms.